The Bertz CT molecular complexity index is 824. The summed E-state index contributed by atoms with van der Waals surface area (Å²) in [6.07, 6.45) is 0. The largest absolute Gasteiger partial charge is 0.332 e. The molecule has 116 valence electrons. The summed E-state index contributed by atoms with van der Waals surface area (Å²) in [5, 5.41) is 8.94. The Kier molecular flexibility index (Phi) is 4.39. The lowest BCUT2D eigenvalue weighted by Crippen LogP contribution is -2.05. The van der Waals surface area contributed by atoms with Crippen molar-refractivity contribution in [2.45, 2.75) is 13.8 Å². The Morgan fingerprint density at radius 1 is 1.09 bits per heavy atom. The van der Waals surface area contributed by atoms with Crippen molar-refractivity contribution in [3.63, 3.8) is 0 Å². The fourth-order valence-electron chi connectivity index (χ4n) is 2.18. The number of anilines is 3. The van der Waals surface area contributed by atoms with E-state index in [0.29, 0.717) is 0 Å². The molecule has 0 atom stereocenters. The van der Waals surface area contributed by atoms with Gasteiger partial charge in [-0.1, -0.05) is 29.8 Å². The molecule has 2 aromatic carbocycles. The van der Waals surface area contributed by atoms with Crippen molar-refractivity contribution < 1.29 is 4.79 Å². The molecule has 0 spiro atoms. The molecule has 3 rings (SSSR count). The van der Waals surface area contributed by atoms with Crippen LogP contribution < -0.4 is 10.6 Å². The number of hydrogen-bond donors (Lipinski definition) is 2. The molecule has 0 aliphatic rings. The van der Waals surface area contributed by atoms with Gasteiger partial charge < -0.3 is 10.6 Å². The first-order valence-electron chi connectivity index (χ1n) is 7.27. The molecule has 0 saturated carbocycles. The van der Waals surface area contributed by atoms with E-state index in [0.717, 1.165) is 27.8 Å². The third kappa shape index (κ3) is 3.96. The van der Waals surface area contributed by atoms with Gasteiger partial charge in [-0.15, -0.1) is 11.3 Å². The van der Waals surface area contributed by atoms with E-state index in [-0.39, 0.29) is 5.91 Å². The van der Waals surface area contributed by atoms with E-state index in [1.54, 1.807) is 11.3 Å². The van der Waals surface area contributed by atoms with E-state index in [1.807, 2.05) is 41.8 Å². The van der Waals surface area contributed by atoms with Crippen LogP contribution in [-0.4, -0.2) is 10.9 Å². The van der Waals surface area contributed by atoms with Crippen LogP contribution in [0.3, 0.4) is 0 Å². The molecule has 1 heterocycles. The van der Waals surface area contributed by atoms with Gasteiger partial charge in [0.05, 0.1) is 5.69 Å². The molecular weight excluding hydrogens is 306 g/mol. The van der Waals surface area contributed by atoms with E-state index >= 15 is 0 Å². The third-order valence-corrected chi connectivity index (χ3v) is 4.04. The molecule has 1 aromatic heterocycles. The lowest BCUT2D eigenvalue weighted by Gasteiger charge is -2.04. The second-order valence-electron chi connectivity index (χ2n) is 5.29. The summed E-state index contributed by atoms with van der Waals surface area (Å²) in [6.45, 7) is 3.56. The molecule has 0 fully saturated rings. The summed E-state index contributed by atoms with van der Waals surface area (Å²) in [5.41, 5.74) is 4.88. The molecule has 0 aliphatic heterocycles. The van der Waals surface area contributed by atoms with Gasteiger partial charge in [0.25, 0.3) is 0 Å². The van der Waals surface area contributed by atoms with Crippen LogP contribution in [0, 0.1) is 6.92 Å². The standard InChI is InChI=1S/C18H17N3OS/c1-12-6-8-15(9-7-12)20-18-21-17(11-23-18)14-4-3-5-16(10-14)19-13(2)22/h3-11H,1-2H3,(H,19,22)(H,20,21). The van der Waals surface area contributed by atoms with E-state index in [2.05, 4.69) is 34.7 Å². The van der Waals surface area contributed by atoms with Crippen molar-refractivity contribution in [1.82, 2.24) is 4.98 Å². The summed E-state index contributed by atoms with van der Waals surface area (Å²) < 4.78 is 0. The van der Waals surface area contributed by atoms with Gasteiger partial charge >= 0.3 is 0 Å². The van der Waals surface area contributed by atoms with Gasteiger partial charge in [-0.05, 0) is 31.2 Å². The Balaban J connectivity index is 1.78. The minimum absolute atomic E-state index is 0.0813. The number of thiazole rings is 1. The molecule has 1 amide bonds. The first-order valence-corrected chi connectivity index (χ1v) is 8.15. The number of nitrogens with one attached hydrogen (secondary N) is 2. The van der Waals surface area contributed by atoms with Gasteiger partial charge in [0, 0.05) is 29.2 Å². The minimum Gasteiger partial charge on any atom is -0.332 e. The van der Waals surface area contributed by atoms with Crippen molar-refractivity contribution in [2.75, 3.05) is 10.6 Å². The summed E-state index contributed by atoms with van der Waals surface area (Å²) in [6, 6.07) is 15.9. The van der Waals surface area contributed by atoms with Crippen LogP contribution >= 0.6 is 11.3 Å². The van der Waals surface area contributed by atoms with Gasteiger partial charge in [0.1, 0.15) is 0 Å². The van der Waals surface area contributed by atoms with Gasteiger partial charge in [-0.3, -0.25) is 4.79 Å². The number of rotatable bonds is 4. The fourth-order valence-corrected chi connectivity index (χ4v) is 2.92. The number of nitrogens with zero attached hydrogens (tertiary/aromatic N) is 1. The van der Waals surface area contributed by atoms with Gasteiger partial charge in [0.2, 0.25) is 5.91 Å². The second kappa shape index (κ2) is 6.62. The van der Waals surface area contributed by atoms with E-state index in [9.17, 15) is 4.79 Å². The fraction of sp³-hybridized carbons (Fsp3) is 0.111. The Hall–Kier alpha value is -2.66. The highest BCUT2D eigenvalue weighted by Gasteiger charge is 2.06. The molecule has 0 saturated heterocycles. The van der Waals surface area contributed by atoms with Crippen molar-refractivity contribution in [3.05, 3.63) is 59.5 Å². The highest BCUT2D eigenvalue weighted by molar-refractivity contribution is 7.14. The average Bonchev–Trinajstić information content (AvgIpc) is 2.98. The number of carbonyl (C=O) groups excluding carboxylic acids is 1. The summed E-state index contributed by atoms with van der Waals surface area (Å²) in [5.74, 6) is -0.0813. The molecule has 3 aromatic rings. The van der Waals surface area contributed by atoms with Crippen LogP contribution in [0.4, 0.5) is 16.5 Å². The predicted octanol–water partition coefficient (Wildman–Crippen LogP) is 4.82. The zero-order chi connectivity index (χ0) is 16.2. The van der Waals surface area contributed by atoms with Crippen molar-refractivity contribution in [3.8, 4) is 11.3 Å². The van der Waals surface area contributed by atoms with Crippen molar-refractivity contribution in [1.29, 1.82) is 0 Å². The molecular formula is C18H17N3OS. The molecule has 4 nitrogen and oxygen atoms in total. The maximum Gasteiger partial charge on any atom is 0.221 e. The van der Waals surface area contributed by atoms with Crippen molar-refractivity contribution >= 4 is 33.8 Å². The maximum absolute atomic E-state index is 11.2. The smallest absolute Gasteiger partial charge is 0.221 e. The minimum atomic E-state index is -0.0813. The first-order chi connectivity index (χ1) is 11.1. The molecule has 0 aliphatic carbocycles. The molecule has 2 N–H and O–H groups in total. The van der Waals surface area contributed by atoms with Gasteiger partial charge in [-0.25, -0.2) is 4.98 Å². The third-order valence-electron chi connectivity index (χ3n) is 3.29. The zero-order valence-electron chi connectivity index (χ0n) is 13.0. The van der Waals surface area contributed by atoms with Crippen LogP contribution in [0.5, 0.6) is 0 Å². The highest BCUT2D eigenvalue weighted by Crippen LogP contribution is 2.28. The summed E-state index contributed by atoms with van der Waals surface area (Å²) in [7, 11) is 0. The van der Waals surface area contributed by atoms with Gasteiger partial charge in [-0.2, -0.15) is 0 Å². The van der Waals surface area contributed by atoms with E-state index in [4.69, 9.17) is 0 Å². The lowest BCUT2D eigenvalue weighted by atomic mass is 10.1. The summed E-state index contributed by atoms with van der Waals surface area (Å²) >= 11 is 1.55. The zero-order valence-corrected chi connectivity index (χ0v) is 13.8. The number of benzene rings is 2. The maximum atomic E-state index is 11.2. The summed E-state index contributed by atoms with van der Waals surface area (Å²) in [4.78, 5) is 15.8. The molecule has 0 bridgehead atoms. The Morgan fingerprint density at radius 3 is 2.61 bits per heavy atom. The lowest BCUT2D eigenvalue weighted by molar-refractivity contribution is -0.114. The topological polar surface area (TPSA) is 54.0 Å². The Morgan fingerprint density at radius 2 is 1.87 bits per heavy atom. The quantitative estimate of drug-likeness (QED) is 0.723. The predicted molar refractivity (Wildman–Crippen MR) is 96.3 cm³/mol. The molecule has 0 unspecified atom stereocenters. The normalized spacial score (nSPS) is 10.3. The first kappa shape index (κ1) is 15.2. The van der Waals surface area contributed by atoms with E-state index in [1.165, 1.54) is 12.5 Å². The highest BCUT2D eigenvalue weighted by atomic mass is 32.1. The van der Waals surface area contributed by atoms with Crippen molar-refractivity contribution in [2.24, 2.45) is 0 Å². The van der Waals surface area contributed by atoms with Crippen LogP contribution in [0.2, 0.25) is 0 Å². The van der Waals surface area contributed by atoms with Crippen LogP contribution in [0.1, 0.15) is 12.5 Å². The number of aromatic nitrogens is 1. The van der Waals surface area contributed by atoms with Crippen LogP contribution in [-0.2, 0) is 4.79 Å². The van der Waals surface area contributed by atoms with Gasteiger partial charge in [0.15, 0.2) is 5.13 Å². The monoisotopic (exact) mass is 323 g/mol. The number of hydrogen-bond acceptors (Lipinski definition) is 4. The Labute approximate surface area is 139 Å². The molecule has 0 radical (unpaired) electrons. The molecule has 5 heteroatoms. The van der Waals surface area contributed by atoms with E-state index < -0.39 is 0 Å². The average molecular weight is 323 g/mol. The van der Waals surface area contributed by atoms with Crippen LogP contribution in [0.15, 0.2) is 53.9 Å². The SMILES string of the molecule is CC(=O)Nc1cccc(-c2csc(Nc3ccc(C)cc3)n2)c1. The molecule has 23 heavy (non-hydrogen) atoms. The number of aryl methyl sites for hydroxylation is 1. The second-order valence-corrected chi connectivity index (χ2v) is 6.15. The number of carbonyl (C=O) groups is 1. The number of amides is 1. The van der Waals surface area contributed by atoms with Crippen LogP contribution in [0.25, 0.3) is 11.3 Å².